The summed E-state index contributed by atoms with van der Waals surface area (Å²) in [5, 5.41) is 3.34. The lowest BCUT2D eigenvalue weighted by Crippen LogP contribution is -2.16. The number of hydrogen-bond donors (Lipinski definition) is 1. The summed E-state index contributed by atoms with van der Waals surface area (Å²) < 4.78 is 6.05. The number of benzene rings is 2. The SMILES string of the molecule is Cc1cc(C)cc(-c2ccccc2CO[C@H]2CCNC2)c1. The minimum absolute atomic E-state index is 0.359. The van der Waals surface area contributed by atoms with Gasteiger partial charge < -0.3 is 10.1 Å². The second-order valence-corrected chi connectivity index (χ2v) is 5.96. The Bertz CT molecular complexity index is 594. The Balaban J connectivity index is 1.84. The monoisotopic (exact) mass is 281 g/mol. The highest BCUT2D eigenvalue weighted by atomic mass is 16.5. The van der Waals surface area contributed by atoms with E-state index in [9.17, 15) is 0 Å². The fourth-order valence-electron chi connectivity index (χ4n) is 3.04. The van der Waals surface area contributed by atoms with E-state index < -0.39 is 0 Å². The third-order valence-corrected chi connectivity index (χ3v) is 4.04. The van der Waals surface area contributed by atoms with Crippen LogP contribution < -0.4 is 5.32 Å². The third-order valence-electron chi connectivity index (χ3n) is 4.04. The summed E-state index contributed by atoms with van der Waals surface area (Å²) in [5.74, 6) is 0. The van der Waals surface area contributed by atoms with Crippen molar-refractivity contribution in [2.24, 2.45) is 0 Å². The van der Waals surface area contributed by atoms with E-state index in [1.165, 1.54) is 27.8 Å². The zero-order valence-corrected chi connectivity index (χ0v) is 12.9. The van der Waals surface area contributed by atoms with Gasteiger partial charge in [0, 0.05) is 6.54 Å². The van der Waals surface area contributed by atoms with Gasteiger partial charge in [0.1, 0.15) is 0 Å². The smallest absolute Gasteiger partial charge is 0.0727 e. The van der Waals surface area contributed by atoms with Crippen LogP contribution in [0.3, 0.4) is 0 Å². The molecular weight excluding hydrogens is 258 g/mol. The van der Waals surface area contributed by atoms with E-state index in [0.717, 1.165) is 19.5 Å². The van der Waals surface area contributed by atoms with Crippen molar-refractivity contribution in [3.8, 4) is 11.1 Å². The zero-order valence-electron chi connectivity index (χ0n) is 12.9. The van der Waals surface area contributed by atoms with Crippen molar-refractivity contribution in [1.82, 2.24) is 5.32 Å². The molecular formula is C19H23NO. The van der Waals surface area contributed by atoms with Gasteiger partial charge in [-0.2, -0.15) is 0 Å². The van der Waals surface area contributed by atoms with Gasteiger partial charge in [0.05, 0.1) is 12.7 Å². The molecule has 1 heterocycles. The summed E-state index contributed by atoms with van der Waals surface area (Å²) in [5.41, 5.74) is 6.46. The molecule has 21 heavy (non-hydrogen) atoms. The Morgan fingerprint density at radius 2 is 1.86 bits per heavy atom. The summed E-state index contributed by atoms with van der Waals surface area (Å²) in [4.78, 5) is 0. The first-order chi connectivity index (χ1) is 10.2. The van der Waals surface area contributed by atoms with Crippen LogP contribution in [0, 0.1) is 13.8 Å². The topological polar surface area (TPSA) is 21.3 Å². The Hall–Kier alpha value is -1.64. The summed E-state index contributed by atoms with van der Waals surface area (Å²) >= 11 is 0. The predicted molar refractivity (Wildman–Crippen MR) is 87.4 cm³/mol. The van der Waals surface area contributed by atoms with Gasteiger partial charge in [0.15, 0.2) is 0 Å². The van der Waals surface area contributed by atoms with Gasteiger partial charge in [-0.25, -0.2) is 0 Å². The maximum atomic E-state index is 6.05. The molecule has 1 N–H and O–H groups in total. The number of ether oxygens (including phenoxy) is 1. The standard InChI is InChI=1S/C19H23NO/c1-14-9-15(2)11-17(10-14)19-6-4-3-5-16(19)13-21-18-7-8-20-12-18/h3-6,9-11,18,20H,7-8,12-13H2,1-2H3/t18-/m0/s1. The molecule has 0 aliphatic carbocycles. The molecule has 1 fully saturated rings. The number of nitrogens with one attached hydrogen (secondary N) is 1. The van der Waals surface area contributed by atoms with E-state index in [-0.39, 0.29) is 0 Å². The van der Waals surface area contributed by atoms with Crippen LogP contribution in [-0.2, 0) is 11.3 Å². The van der Waals surface area contributed by atoms with Gasteiger partial charge in [0.25, 0.3) is 0 Å². The van der Waals surface area contributed by atoms with Crippen molar-refractivity contribution < 1.29 is 4.74 Å². The molecule has 2 aromatic carbocycles. The van der Waals surface area contributed by atoms with Crippen LogP contribution in [-0.4, -0.2) is 19.2 Å². The predicted octanol–water partition coefficient (Wildman–Crippen LogP) is 3.85. The highest BCUT2D eigenvalue weighted by Crippen LogP contribution is 2.26. The Kier molecular flexibility index (Phi) is 4.37. The van der Waals surface area contributed by atoms with Crippen molar-refractivity contribution in [3.05, 3.63) is 59.2 Å². The molecule has 1 saturated heterocycles. The van der Waals surface area contributed by atoms with Crippen LogP contribution in [0.4, 0.5) is 0 Å². The van der Waals surface area contributed by atoms with E-state index in [2.05, 4.69) is 61.6 Å². The van der Waals surface area contributed by atoms with Crippen LogP contribution >= 0.6 is 0 Å². The average Bonchev–Trinajstić information content (AvgIpc) is 2.98. The normalized spacial score (nSPS) is 18.1. The molecule has 2 aromatic rings. The van der Waals surface area contributed by atoms with Crippen molar-refractivity contribution >= 4 is 0 Å². The van der Waals surface area contributed by atoms with Crippen molar-refractivity contribution in [2.45, 2.75) is 33.0 Å². The van der Waals surface area contributed by atoms with Gasteiger partial charge in [-0.1, -0.05) is 53.6 Å². The highest BCUT2D eigenvalue weighted by molar-refractivity contribution is 5.68. The fraction of sp³-hybridized carbons (Fsp3) is 0.368. The molecule has 0 aromatic heterocycles. The maximum absolute atomic E-state index is 6.05. The van der Waals surface area contributed by atoms with Gasteiger partial charge in [-0.3, -0.25) is 0 Å². The lowest BCUT2D eigenvalue weighted by molar-refractivity contribution is 0.0545. The molecule has 0 spiro atoms. The van der Waals surface area contributed by atoms with Crippen LogP contribution in [0.5, 0.6) is 0 Å². The molecule has 3 rings (SSSR count). The van der Waals surface area contributed by atoms with E-state index in [1.54, 1.807) is 0 Å². The van der Waals surface area contributed by atoms with Crippen LogP contribution in [0.15, 0.2) is 42.5 Å². The van der Waals surface area contributed by atoms with Gasteiger partial charge in [-0.05, 0) is 43.5 Å². The molecule has 0 bridgehead atoms. The molecule has 0 unspecified atom stereocenters. The van der Waals surface area contributed by atoms with E-state index in [0.29, 0.717) is 12.7 Å². The van der Waals surface area contributed by atoms with Crippen molar-refractivity contribution in [1.29, 1.82) is 0 Å². The maximum Gasteiger partial charge on any atom is 0.0727 e. The number of aryl methyl sites for hydroxylation is 2. The minimum Gasteiger partial charge on any atom is -0.372 e. The molecule has 2 nitrogen and oxygen atoms in total. The summed E-state index contributed by atoms with van der Waals surface area (Å²) in [6.45, 7) is 7.05. The van der Waals surface area contributed by atoms with E-state index in [1.807, 2.05) is 0 Å². The fourth-order valence-corrected chi connectivity index (χ4v) is 3.04. The van der Waals surface area contributed by atoms with Gasteiger partial charge in [-0.15, -0.1) is 0 Å². The molecule has 0 radical (unpaired) electrons. The summed E-state index contributed by atoms with van der Waals surface area (Å²) in [7, 11) is 0. The van der Waals surface area contributed by atoms with Crippen LogP contribution in [0.2, 0.25) is 0 Å². The highest BCUT2D eigenvalue weighted by Gasteiger charge is 2.15. The van der Waals surface area contributed by atoms with Crippen LogP contribution in [0.1, 0.15) is 23.1 Å². The molecule has 0 amide bonds. The molecule has 1 aliphatic rings. The molecule has 1 aliphatic heterocycles. The summed E-state index contributed by atoms with van der Waals surface area (Å²) in [6.07, 6.45) is 1.48. The summed E-state index contributed by atoms with van der Waals surface area (Å²) in [6, 6.07) is 15.3. The second-order valence-electron chi connectivity index (χ2n) is 5.96. The van der Waals surface area contributed by atoms with E-state index >= 15 is 0 Å². The van der Waals surface area contributed by atoms with Gasteiger partial charge >= 0.3 is 0 Å². The van der Waals surface area contributed by atoms with E-state index in [4.69, 9.17) is 4.74 Å². The van der Waals surface area contributed by atoms with Gasteiger partial charge in [0.2, 0.25) is 0 Å². The van der Waals surface area contributed by atoms with Crippen molar-refractivity contribution in [2.75, 3.05) is 13.1 Å². The van der Waals surface area contributed by atoms with Crippen LogP contribution in [0.25, 0.3) is 11.1 Å². The molecule has 110 valence electrons. The number of rotatable bonds is 4. The first-order valence-corrected chi connectivity index (χ1v) is 7.71. The lowest BCUT2D eigenvalue weighted by atomic mass is 9.97. The quantitative estimate of drug-likeness (QED) is 0.919. The molecule has 2 heteroatoms. The first kappa shape index (κ1) is 14.3. The van der Waals surface area contributed by atoms with Crippen molar-refractivity contribution in [3.63, 3.8) is 0 Å². The zero-order chi connectivity index (χ0) is 14.7. The minimum atomic E-state index is 0.359. The average molecular weight is 281 g/mol. The molecule has 0 saturated carbocycles. The Morgan fingerprint density at radius 3 is 2.57 bits per heavy atom. The third kappa shape index (κ3) is 3.52. The first-order valence-electron chi connectivity index (χ1n) is 7.71. The Morgan fingerprint density at radius 1 is 1.10 bits per heavy atom. The molecule has 1 atom stereocenters. The lowest BCUT2D eigenvalue weighted by Gasteiger charge is -2.14. The second kappa shape index (κ2) is 6.42. The largest absolute Gasteiger partial charge is 0.372 e. The number of hydrogen-bond acceptors (Lipinski definition) is 2. The Labute approximate surface area is 127 Å².